The molecule has 0 aliphatic carbocycles. The maximum absolute atomic E-state index is 5.62. The highest BCUT2D eigenvalue weighted by Crippen LogP contribution is 2.21. The van der Waals surface area contributed by atoms with Gasteiger partial charge in [0.25, 0.3) is 0 Å². The Balaban J connectivity index is 1.62. The summed E-state index contributed by atoms with van der Waals surface area (Å²) < 4.78 is 5.19. The smallest absolute Gasteiger partial charge is 0.225 e. The minimum absolute atomic E-state index is 0.593. The molecule has 1 fully saturated rings. The van der Waals surface area contributed by atoms with E-state index in [9.17, 15) is 0 Å². The number of nitrogens with two attached hydrogens (primary N) is 1. The predicted molar refractivity (Wildman–Crippen MR) is 83.9 cm³/mol. The van der Waals surface area contributed by atoms with E-state index >= 15 is 0 Å². The van der Waals surface area contributed by atoms with Crippen LogP contribution in [0.3, 0.4) is 0 Å². The van der Waals surface area contributed by atoms with Crippen LogP contribution < -0.4 is 20.3 Å². The molecule has 21 heavy (non-hydrogen) atoms. The summed E-state index contributed by atoms with van der Waals surface area (Å²) in [6, 6.07) is 8.16. The average molecular weight is 285 g/mol. The number of anilines is 3. The Morgan fingerprint density at radius 3 is 2.10 bits per heavy atom. The van der Waals surface area contributed by atoms with Crippen LogP contribution in [0.25, 0.3) is 0 Å². The van der Waals surface area contributed by atoms with Crippen LogP contribution in [-0.2, 0) is 0 Å². The molecule has 0 radical (unpaired) electrons. The fourth-order valence-electron chi connectivity index (χ4n) is 2.45. The summed E-state index contributed by atoms with van der Waals surface area (Å²) in [5, 5.41) is 0. The molecule has 1 aliphatic rings. The molecule has 0 bridgehead atoms. The Morgan fingerprint density at radius 1 is 0.952 bits per heavy atom. The summed E-state index contributed by atoms with van der Waals surface area (Å²) in [6.45, 7) is 3.69. The summed E-state index contributed by atoms with van der Waals surface area (Å²) >= 11 is 0. The average Bonchev–Trinajstić information content (AvgIpc) is 2.56. The summed E-state index contributed by atoms with van der Waals surface area (Å²) in [5.74, 6) is 1.63. The molecule has 6 heteroatoms. The third-order valence-electron chi connectivity index (χ3n) is 3.66. The molecule has 3 rings (SSSR count). The molecule has 6 nitrogen and oxygen atoms in total. The number of nitrogen functional groups attached to an aromatic ring is 1. The normalized spacial score (nSPS) is 15.1. The highest BCUT2D eigenvalue weighted by atomic mass is 16.5. The van der Waals surface area contributed by atoms with E-state index in [1.807, 2.05) is 12.1 Å². The summed E-state index contributed by atoms with van der Waals surface area (Å²) in [5.41, 5.74) is 7.43. The number of hydrogen-bond acceptors (Lipinski definition) is 6. The first-order chi connectivity index (χ1) is 10.3. The first-order valence-corrected chi connectivity index (χ1v) is 6.98. The van der Waals surface area contributed by atoms with Crippen LogP contribution in [0.4, 0.5) is 17.3 Å². The number of hydrogen-bond donors (Lipinski definition) is 1. The lowest BCUT2D eigenvalue weighted by molar-refractivity contribution is 0.415. The molecule has 0 saturated carbocycles. The molecule has 0 unspecified atom stereocenters. The van der Waals surface area contributed by atoms with Crippen LogP contribution in [0.1, 0.15) is 0 Å². The standard InChI is InChI=1S/C15H19N5O/c1-21-14-4-2-13(3-5-14)19-6-8-20(9-7-19)15-17-10-12(16)11-18-15/h2-5,10-11H,6-9,16H2,1H3. The van der Waals surface area contributed by atoms with Crippen LogP contribution in [-0.4, -0.2) is 43.3 Å². The minimum Gasteiger partial charge on any atom is -0.497 e. The monoisotopic (exact) mass is 285 g/mol. The van der Waals surface area contributed by atoms with Gasteiger partial charge in [-0.05, 0) is 24.3 Å². The SMILES string of the molecule is COc1ccc(N2CCN(c3ncc(N)cn3)CC2)cc1. The van der Waals surface area contributed by atoms with Crippen LogP contribution >= 0.6 is 0 Å². The quantitative estimate of drug-likeness (QED) is 0.919. The Morgan fingerprint density at radius 2 is 1.52 bits per heavy atom. The van der Waals surface area contributed by atoms with Gasteiger partial charge in [0.2, 0.25) is 5.95 Å². The summed E-state index contributed by atoms with van der Waals surface area (Å²) in [4.78, 5) is 13.1. The van der Waals surface area contributed by atoms with Crippen molar-refractivity contribution in [3.8, 4) is 5.75 Å². The molecule has 2 aromatic rings. The molecule has 2 heterocycles. The second-order valence-corrected chi connectivity index (χ2v) is 4.99. The Labute approximate surface area is 124 Å². The van der Waals surface area contributed by atoms with Gasteiger partial charge in [-0.15, -0.1) is 0 Å². The number of piperazine rings is 1. The van der Waals surface area contributed by atoms with E-state index in [0.29, 0.717) is 5.69 Å². The van der Waals surface area contributed by atoms with Crippen molar-refractivity contribution in [1.82, 2.24) is 9.97 Å². The van der Waals surface area contributed by atoms with E-state index in [4.69, 9.17) is 10.5 Å². The molecule has 1 aromatic carbocycles. The number of ether oxygens (including phenoxy) is 1. The van der Waals surface area contributed by atoms with Crippen molar-refractivity contribution in [2.75, 3.05) is 48.8 Å². The fourth-order valence-corrected chi connectivity index (χ4v) is 2.45. The van der Waals surface area contributed by atoms with E-state index in [2.05, 4.69) is 31.9 Å². The first-order valence-electron chi connectivity index (χ1n) is 6.98. The second kappa shape index (κ2) is 5.87. The van der Waals surface area contributed by atoms with E-state index in [-0.39, 0.29) is 0 Å². The van der Waals surface area contributed by atoms with E-state index in [1.165, 1.54) is 5.69 Å². The van der Waals surface area contributed by atoms with E-state index in [0.717, 1.165) is 37.9 Å². The van der Waals surface area contributed by atoms with Gasteiger partial charge < -0.3 is 20.3 Å². The zero-order valence-corrected chi connectivity index (χ0v) is 12.1. The largest absolute Gasteiger partial charge is 0.497 e. The van der Waals surface area contributed by atoms with Gasteiger partial charge in [0, 0.05) is 31.9 Å². The molecule has 0 spiro atoms. The van der Waals surface area contributed by atoms with Gasteiger partial charge in [-0.3, -0.25) is 0 Å². The topological polar surface area (TPSA) is 67.5 Å². The van der Waals surface area contributed by atoms with Gasteiger partial charge in [-0.2, -0.15) is 0 Å². The van der Waals surface area contributed by atoms with Crippen molar-refractivity contribution < 1.29 is 4.74 Å². The number of nitrogens with zero attached hydrogens (tertiary/aromatic N) is 4. The maximum atomic E-state index is 5.62. The van der Waals surface area contributed by atoms with Gasteiger partial charge in [0.1, 0.15) is 5.75 Å². The lowest BCUT2D eigenvalue weighted by Gasteiger charge is -2.36. The Bertz CT molecular complexity index is 576. The lowest BCUT2D eigenvalue weighted by atomic mass is 10.2. The number of aromatic nitrogens is 2. The van der Waals surface area contributed by atoms with Crippen LogP contribution in [0.15, 0.2) is 36.7 Å². The molecule has 1 aromatic heterocycles. The van der Waals surface area contributed by atoms with Gasteiger partial charge in [-0.1, -0.05) is 0 Å². The van der Waals surface area contributed by atoms with Crippen molar-refractivity contribution in [3.05, 3.63) is 36.7 Å². The maximum Gasteiger partial charge on any atom is 0.225 e. The molecule has 0 amide bonds. The van der Waals surface area contributed by atoms with Crippen molar-refractivity contribution in [2.45, 2.75) is 0 Å². The van der Waals surface area contributed by atoms with Gasteiger partial charge in [-0.25, -0.2) is 9.97 Å². The molecule has 0 atom stereocenters. The number of methoxy groups -OCH3 is 1. The molecule has 1 aliphatic heterocycles. The zero-order valence-electron chi connectivity index (χ0n) is 12.1. The van der Waals surface area contributed by atoms with Crippen LogP contribution in [0.2, 0.25) is 0 Å². The Kier molecular flexibility index (Phi) is 3.77. The van der Waals surface area contributed by atoms with Crippen LogP contribution in [0.5, 0.6) is 5.75 Å². The summed E-state index contributed by atoms with van der Waals surface area (Å²) in [6.07, 6.45) is 3.30. The van der Waals surface area contributed by atoms with E-state index < -0.39 is 0 Å². The molecular weight excluding hydrogens is 266 g/mol. The third-order valence-corrected chi connectivity index (χ3v) is 3.66. The van der Waals surface area contributed by atoms with E-state index in [1.54, 1.807) is 19.5 Å². The van der Waals surface area contributed by atoms with Crippen molar-refractivity contribution in [2.24, 2.45) is 0 Å². The van der Waals surface area contributed by atoms with Gasteiger partial charge in [0.15, 0.2) is 0 Å². The fraction of sp³-hybridized carbons (Fsp3) is 0.333. The first kappa shape index (κ1) is 13.5. The predicted octanol–water partition coefficient (Wildman–Crippen LogP) is 1.39. The van der Waals surface area contributed by atoms with Crippen LogP contribution in [0, 0.1) is 0 Å². The second-order valence-electron chi connectivity index (χ2n) is 4.99. The number of benzene rings is 1. The molecule has 110 valence electrons. The van der Waals surface area contributed by atoms with Crippen molar-refractivity contribution in [3.63, 3.8) is 0 Å². The van der Waals surface area contributed by atoms with Gasteiger partial charge in [0.05, 0.1) is 25.2 Å². The third kappa shape index (κ3) is 2.99. The zero-order chi connectivity index (χ0) is 14.7. The molecular formula is C15H19N5O. The highest BCUT2D eigenvalue weighted by molar-refractivity contribution is 5.51. The summed E-state index contributed by atoms with van der Waals surface area (Å²) in [7, 11) is 1.68. The lowest BCUT2D eigenvalue weighted by Crippen LogP contribution is -2.47. The minimum atomic E-state index is 0.593. The number of rotatable bonds is 3. The molecule has 2 N–H and O–H groups in total. The Hall–Kier alpha value is -2.50. The van der Waals surface area contributed by atoms with Crippen molar-refractivity contribution in [1.29, 1.82) is 0 Å². The van der Waals surface area contributed by atoms with Gasteiger partial charge >= 0.3 is 0 Å². The molecule has 1 saturated heterocycles. The van der Waals surface area contributed by atoms with Crippen molar-refractivity contribution >= 4 is 17.3 Å². The highest BCUT2D eigenvalue weighted by Gasteiger charge is 2.19.